The predicted octanol–water partition coefficient (Wildman–Crippen LogP) is 4.06. The Morgan fingerprint density at radius 3 is 2.71 bits per heavy atom. The van der Waals surface area contributed by atoms with Crippen molar-refractivity contribution in [2.24, 2.45) is 5.41 Å². The predicted molar refractivity (Wildman–Crippen MR) is 86.4 cm³/mol. The summed E-state index contributed by atoms with van der Waals surface area (Å²) in [7, 11) is 0. The summed E-state index contributed by atoms with van der Waals surface area (Å²) in [6, 6.07) is 15.2. The van der Waals surface area contributed by atoms with Gasteiger partial charge in [0.2, 0.25) is 0 Å². The molecule has 0 amide bonds. The summed E-state index contributed by atoms with van der Waals surface area (Å²) in [5, 5.41) is 6.30. The Morgan fingerprint density at radius 1 is 1.00 bits per heavy atom. The molecule has 1 heterocycles. The number of hydrogen-bond donors (Lipinski definition) is 1. The zero-order chi connectivity index (χ0) is 14.1. The van der Waals surface area contributed by atoms with Crippen molar-refractivity contribution in [3.05, 3.63) is 48.0 Å². The normalized spacial score (nSPS) is 25.2. The quantitative estimate of drug-likeness (QED) is 0.851. The Labute approximate surface area is 126 Å². The molecule has 1 aliphatic heterocycles. The van der Waals surface area contributed by atoms with Gasteiger partial charge in [-0.2, -0.15) is 0 Å². The fourth-order valence-corrected chi connectivity index (χ4v) is 4.03. The lowest BCUT2D eigenvalue weighted by atomic mass is 9.87. The summed E-state index contributed by atoms with van der Waals surface area (Å²) in [4.78, 5) is 0. The minimum absolute atomic E-state index is 0.177. The minimum Gasteiger partial charge on any atom is -0.372 e. The fraction of sp³-hybridized carbons (Fsp3) is 0.474. The highest BCUT2D eigenvalue weighted by molar-refractivity contribution is 5.86. The van der Waals surface area contributed by atoms with E-state index in [1.807, 2.05) is 0 Å². The summed E-state index contributed by atoms with van der Waals surface area (Å²) < 4.78 is 6.37. The Morgan fingerprint density at radius 2 is 1.81 bits per heavy atom. The van der Waals surface area contributed by atoms with Gasteiger partial charge in [-0.3, -0.25) is 0 Å². The second-order valence-electron chi connectivity index (χ2n) is 6.71. The van der Waals surface area contributed by atoms with Crippen LogP contribution in [0.3, 0.4) is 0 Å². The van der Waals surface area contributed by atoms with E-state index in [0.717, 1.165) is 19.7 Å². The second-order valence-corrected chi connectivity index (χ2v) is 6.71. The van der Waals surface area contributed by atoms with Crippen molar-refractivity contribution >= 4 is 10.8 Å². The average molecular weight is 281 g/mol. The van der Waals surface area contributed by atoms with Gasteiger partial charge in [-0.25, -0.2) is 0 Å². The first kappa shape index (κ1) is 13.3. The van der Waals surface area contributed by atoms with E-state index in [4.69, 9.17) is 4.74 Å². The maximum absolute atomic E-state index is 6.37. The molecule has 1 unspecified atom stereocenters. The topological polar surface area (TPSA) is 21.3 Å². The molecule has 0 bridgehead atoms. The van der Waals surface area contributed by atoms with Gasteiger partial charge in [0.05, 0.1) is 12.7 Å². The molecule has 1 saturated heterocycles. The third-order valence-electron chi connectivity index (χ3n) is 5.25. The molecule has 4 rings (SSSR count). The molecule has 2 heteroatoms. The van der Waals surface area contributed by atoms with Crippen LogP contribution in [0.15, 0.2) is 42.5 Å². The van der Waals surface area contributed by atoms with Gasteiger partial charge >= 0.3 is 0 Å². The highest BCUT2D eigenvalue weighted by atomic mass is 16.5. The van der Waals surface area contributed by atoms with E-state index >= 15 is 0 Å². The lowest BCUT2D eigenvalue weighted by Crippen LogP contribution is -2.32. The molecular formula is C19H23NO. The molecule has 1 N–H and O–H groups in total. The SMILES string of the molecule is c1ccc2c(C3CNCC4(CCCC4)CO3)cccc2c1. The Balaban J connectivity index is 1.63. The molecule has 1 saturated carbocycles. The first-order chi connectivity index (χ1) is 10.4. The van der Waals surface area contributed by atoms with Crippen LogP contribution >= 0.6 is 0 Å². The van der Waals surface area contributed by atoms with Crippen molar-refractivity contribution in [2.45, 2.75) is 31.8 Å². The van der Waals surface area contributed by atoms with E-state index in [0.29, 0.717) is 5.41 Å². The van der Waals surface area contributed by atoms with Crippen LogP contribution in [0.25, 0.3) is 10.8 Å². The van der Waals surface area contributed by atoms with Gasteiger partial charge in [0.25, 0.3) is 0 Å². The smallest absolute Gasteiger partial charge is 0.0955 e. The maximum Gasteiger partial charge on any atom is 0.0955 e. The highest BCUT2D eigenvalue weighted by Crippen LogP contribution is 2.40. The molecule has 110 valence electrons. The van der Waals surface area contributed by atoms with E-state index < -0.39 is 0 Å². The van der Waals surface area contributed by atoms with E-state index in [1.165, 1.54) is 42.0 Å². The zero-order valence-electron chi connectivity index (χ0n) is 12.5. The summed E-state index contributed by atoms with van der Waals surface area (Å²) in [5.74, 6) is 0. The molecule has 2 aromatic carbocycles. The van der Waals surface area contributed by atoms with E-state index in [1.54, 1.807) is 0 Å². The second kappa shape index (κ2) is 5.43. The molecule has 0 aromatic heterocycles. The molecule has 1 aliphatic carbocycles. The van der Waals surface area contributed by atoms with Crippen molar-refractivity contribution in [3.63, 3.8) is 0 Å². The molecule has 2 aromatic rings. The molecule has 1 spiro atoms. The molecular weight excluding hydrogens is 258 g/mol. The summed E-state index contributed by atoms with van der Waals surface area (Å²) in [5.41, 5.74) is 1.73. The number of hydrogen-bond acceptors (Lipinski definition) is 2. The van der Waals surface area contributed by atoms with E-state index in [2.05, 4.69) is 47.8 Å². The Kier molecular flexibility index (Phi) is 3.44. The van der Waals surface area contributed by atoms with Crippen LogP contribution in [0.2, 0.25) is 0 Å². The van der Waals surface area contributed by atoms with Crippen LogP contribution in [0.1, 0.15) is 37.4 Å². The van der Waals surface area contributed by atoms with Gasteiger partial charge in [-0.05, 0) is 29.2 Å². The van der Waals surface area contributed by atoms with Crippen LogP contribution in [-0.2, 0) is 4.74 Å². The van der Waals surface area contributed by atoms with Crippen LogP contribution < -0.4 is 5.32 Å². The van der Waals surface area contributed by atoms with Crippen LogP contribution in [-0.4, -0.2) is 19.7 Å². The number of ether oxygens (including phenoxy) is 1. The Bertz CT molecular complexity index is 625. The van der Waals surface area contributed by atoms with Crippen molar-refractivity contribution in [2.75, 3.05) is 19.7 Å². The van der Waals surface area contributed by atoms with Gasteiger partial charge in [0.1, 0.15) is 0 Å². The van der Waals surface area contributed by atoms with Gasteiger partial charge < -0.3 is 10.1 Å². The fourth-order valence-electron chi connectivity index (χ4n) is 4.03. The number of nitrogens with one attached hydrogen (secondary N) is 1. The average Bonchev–Trinajstić information content (AvgIpc) is 2.88. The van der Waals surface area contributed by atoms with Crippen molar-refractivity contribution in [1.82, 2.24) is 5.32 Å². The maximum atomic E-state index is 6.37. The molecule has 2 nitrogen and oxygen atoms in total. The molecule has 2 aliphatic rings. The van der Waals surface area contributed by atoms with Gasteiger partial charge in [0, 0.05) is 18.5 Å². The third kappa shape index (κ3) is 2.47. The number of benzene rings is 2. The van der Waals surface area contributed by atoms with Crippen molar-refractivity contribution < 1.29 is 4.74 Å². The largest absolute Gasteiger partial charge is 0.372 e. The lowest BCUT2D eigenvalue weighted by molar-refractivity contribution is 0.0165. The minimum atomic E-state index is 0.177. The number of fused-ring (bicyclic) bond motifs is 1. The van der Waals surface area contributed by atoms with E-state index in [-0.39, 0.29) is 6.10 Å². The van der Waals surface area contributed by atoms with Crippen molar-refractivity contribution in [1.29, 1.82) is 0 Å². The molecule has 2 fully saturated rings. The van der Waals surface area contributed by atoms with Crippen LogP contribution in [0.4, 0.5) is 0 Å². The van der Waals surface area contributed by atoms with Crippen LogP contribution in [0.5, 0.6) is 0 Å². The van der Waals surface area contributed by atoms with Crippen LogP contribution in [0, 0.1) is 5.41 Å². The third-order valence-corrected chi connectivity index (χ3v) is 5.25. The first-order valence-electron chi connectivity index (χ1n) is 8.16. The number of rotatable bonds is 1. The summed E-state index contributed by atoms with van der Waals surface area (Å²) >= 11 is 0. The standard InChI is InChI=1S/C19H23NO/c1-2-8-16-15(6-1)7-5-9-17(16)18-12-20-13-19(14-21-18)10-3-4-11-19/h1-2,5-9,18,20H,3-4,10-14H2. The Hall–Kier alpha value is -1.38. The van der Waals surface area contributed by atoms with E-state index in [9.17, 15) is 0 Å². The lowest BCUT2D eigenvalue weighted by Gasteiger charge is -2.26. The molecule has 21 heavy (non-hydrogen) atoms. The molecule has 1 atom stereocenters. The summed E-state index contributed by atoms with van der Waals surface area (Å²) in [6.45, 7) is 2.96. The van der Waals surface area contributed by atoms with Crippen molar-refractivity contribution in [3.8, 4) is 0 Å². The first-order valence-corrected chi connectivity index (χ1v) is 8.16. The van der Waals surface area contributed by atoms with Gasteiger partial charge in [-0.15, -0.1) is 0 Å². The van der Waals surface area contributed by atoms with Gasteiger partial charge in [-0.1, -0.05) is 55.3 Å². The zero-order valence-corrected chi connectivity index (χ0v) is 12.5. The highest BCUT2D eigenvalue weighted by Gasteiger charge is 2.36. The summed E-state index contributed by atoms with van der Waals surface area (Å²) in [6.07, 6.45) is 5.55. The monoisotopic (exact) mass is 281 g/mol. The molecule has 0 radical (unpaired) electrons. The van der Waals surface area contributed by atoms with Gasteiger partial charge in [0.15, 0.2) is 0 Å².